The fourth-order valence-electron chi connectivity index (χ4n) is 2.53. The monoisotopic (exact) mass is 355 g/mol. The molecule has 24 heavy (non-hydrogen) atoms. The second kappa shape index (κ2) is 7.98. The van der Waals surface area contributed by atoms with Gasteiger partial charge in [0.2, 0.25) is 15.9 Å². The first-order valence-corrected chi connectivity index (χ1v) is 9.96. The summed E-state index contributed by atoms with van der Waals surface area (Å²) < 4.78 is 25.0. The minimum Gasteiger partial charge on any atom is -0.372 e. The van der Waals surface area contributed by atoms with Crippen LogP contribution in [-0.2, 0) is 14.8 Å². The van der Waals surface area contributed by atoms with Crippen molar-refractivity contribution in [2.24, 2.45) is 0 Å². The fourth-order valence-corrected chi connectivity index (χ4v) is 3.87. The van der Waals surface area contributed by atoms with Crippen LogP contribution in [0.25, 0.3) is 0 Å². The van der Waals surface area contributed by atoms with E-state index in [1.165, 1.54) is 4.31 Å². The van der Waals surface area contributed by atoms with Gasteiger partial charge >= 0.3 is 0 Å². The van der Waals surface area contributed by atoms with Crippen molar-refractivity contribution in [2.75, 3.05) is 36.1 Å². The molecule has 0 saturated heterocycles. The molecule has 0 saturated carbocycles. The molecule has 0 aliphatic heterocycles. The molecule has 7 heteroatoms. The summed E-state index contributed by atoms with van der Waals surface area (Å²) in [5.41, 5.74) is 1.08. The Hall–Kier alpha value is -1.60. The van der Waals surface area contributed by atoms with Crippen molar-refractivity contribution in [2.45, 2.75) is 40.2 Å². The summed E-state index contributed by atoms with van der Waals surface area (Å²) in [6.07, 6.45) is 1.12. The molecule has 0 bridgehead atoms. The number of hydrogen-bond acceptors (Lipinski definition) is 4. The maximum absolute atomic E-state index is 12.2. The lowest BCUT2D eigenvalue weighted by atomic mass is 10.1. The number of nitrogens with zero attached hydrogens (tertiary/aromatic N) is 2. The van der Waals surface area contributed by atoms with Crippen molar-refractivity contribution in [3.63, 3.8) is 0 Å². The van der Waals surface area contributed by atoms with Crippen molar-refractivity contribution < 1.29 is 13.2 Å². The van der Waals surface area contributed by atoms with E-state index in [4.69, 9.17) is 0 Å². The number of nitrogens with one attached hydrogen (secondary N) is 1. The quantitative estimate of drug-likeness (QED) is 0.816. The van der Waals surface area contributed by atoms with Gasteiger partial charge < -0.3 is 10.2 Å². The summed E-state index contributed by atoms with van der Waals surface area (Å²) in [4.78, 5) is 14.4. The molecule has 1 rings (SSSR count). The fraction of sp³-hybridized carbons (Fsp3) is 0.588. The summed E-state index contributed by atoms with van der Waals surface area (Å²) in [6.45, 7) is 11.1. The summed E-state index contributed by atoms with van der Waals surface area (Å²) >= 11 is 0. The van der Waals surface area contributed by atoms with E-state index in [9.17, 15) is 13.2 Å². The van der Waals surface area contributed by atoms with Gasteiger partial charge in [-0.15, -0.1) is 0 Å². The van der Waals surface area contributed by atoms with Gasteiger partial charge in [0.25, 0.3) is 0 Å². The van der Waals surface area contributed by atoms with Gasteiger partial charge in [-0.25, -0.2) is 8.42 Å². The highest BCUT2D eigenvalue weighted by molar-refractivity contribution is 7.88. The summed E-state index contributed by atoms with van der Waals surface area (Å²) in [6, 6.07) is 7.54. The topological polar surface area (TPSA) is 69.7 Å². The van der Waals surface area contributed by atoms with Crippen LogP contribution >= 0.6 is 0 Å². The zero-order valence-electron chi connectivity index (χ0n) is 15.5. The third-order valence-corrected chi connectivity index (χ3v) is 5.19. The highest BCUT2D eigenvalue weighted by Gasteiger charge is 2.31. The summed E-state index contributed by atoms with van der Waals surface area (Å²) in [5, 5.41) is 2.76. The lowest BCUT2D eigenvalue weighted by Crippen LogP contribution is -2.48. The number of carbonyl (C=O) groups excluding carboxylic acids is 1. The maximum atomic E-state index is 12.2. The number of hydrogen-bond donors (Lipinski definition) is 1. The number of amides is 1. The molecule has 0 heterocycles. The predicted molar refractivity (Wildman–Crippen MR) is 99.9 cm³/mol. The minimum atomic E-state index is -3.47. The molecule has 1 N–H and O–H groups in total. The molecule has 0 unspecified atom stereocenters. The lowest BCUT2D eigenvalue weighted by molar-refractivity contribution is -0.117. The van der Waals surface area contributed by atoms with Crippen LogP contribution in [0.3, 0.4) is 0 Å². The Bertz CT molecular complexity index is 645. The van der Waals surface area contributed by atoms with Crippen molar-refractivity contribution in [1.82, 2.24) is 4.31 Å². The molecule has 0 aromatic heterocycles. The Labute approximate surface area is 145 Å². The van der Waals surface area contributed by atoms with Crippen LogP contribution in [0.5, 0.6) is 0 Å². The van der Waals surface area contributed by atoms with Crippen molar-refractivity contribution in [3.05, 3.63) is 24.3 Å². The predicted octanol–water partition coefficient (Wildman–Crippen LogP) is 2.53. The first-order chi connectivity index (χ1) is 11.0. The Morgan fingerprint density at radius 3 is 1.96 bits per heavy atom. The molecule has 1 aromatic rings. The molecule has 136 valence electrons. The van der Waals surface area contributed by atoms with Gasteiger partial charge in [0, 0.05) is 30.0 Å². The van der Waals surface area contributed by atoms with Gasteiger partial charge in [0.15, 0.2) is 0 Å². The number of anilines is 2. The van der Waals surface area contributed by atoms with Gasteiger partial charge in [-0.05, 0) is 58.9 Å². The van der Waals surface area contributed by atoms with Crippen molar-refractivity contribution >= 4 is 27.3 Å². The van der Waals surface area contributed by atoms with Gasteiger partial charge in [-0.2, -0.15) is 4.31 Å². The number of carbonyl (C=O) groups is 1. The van der Waals surface area contributed by atoms with E-state index in [0.29, 0.717) is 5.69 Å². The highest BCUT2D eigenvalue weighted by Crippen LogP contribution is 2.19. The average Bonchev–Trinajstić information content (AvgIpc) is 2.45. The number of rotatable bonds is 7. The van der Waals surface area contributed by atoms with Crippen molar-refractivity contribution in [1.29, 1.82) is 0 Å². The maximum Gasteiger partial charge on any atom is 0.239 e. The smallest absolute Gasteiger partial charge is 0.239 e. The Morgan fingerprint density at radius 1 is 1.08 bits per heavy atom. The standard InChI is InChI=1S/C17H29N3O3S/c1-7-19(8-2)15-11-9-14(10-12-15)18-16(21)13-20(17(3,4)5)24(6,22)23/h9-12H,7-8,13H2,1-6H3,(H,18,21). The van der Waals surface area contributed by atoms with E-state index < -0.39 is 15.6 Å². The first kappa shape index (κ1) is 20.4. The second-order valence-corrected chi connectivity index (χ2v) is 8.61. The molecule has 0 radical (unpaired) electrons. The van der Waals surface area contributed by atoms with E-state index in [0.717, 1.165) is 25.0 Å². The van der Waals surface area contributed by atoms with Crippen LogP contribution in [-0.4, -0.2) is 50.1 Å². The van der Waals surface area contributed by atoms with E-state index in [2.05, 4.69) is 24.1 Å². The van der Waals surface area contributed by atoms with Crippen molar-refractivity contribution in [3.8, 4) is 0 Å². The van der Waals surface area contributed by atoms with Crippen LogP contribution in [0.4, 0.5) is 11.4 Å². The molecular weight excluding hydrogens is 326 g/mol. The molecule has 1 amide bonds. The first-order valence-electron chi connectivity index (χ1n) is 8.11. The molecule has 0 aliphatic rings. The van der Waals surface area contributed by atoms with Crippen LogP contribution in [0.15, 0.2) is 24.3 Å². The van der Waals surface area contributed by atoms with E-state index in [1.54, 1.807) is 20.8 Å². The minimum absolute atomic E-state index is 0.208. The molecule has 0 fully saturated rings. The number of benzene rings is 1. The highest BCUT2D eigenvalue weighted by atomic mass is 32.2. The van der Waals surface area contributed by atoms with Gasteiger partial charge in [0.1, 0.15) is 0 Å². The third kappa shape index (κ3) is 5.79. The zero-order chi connectivity index (χ0) is 18.5. The van der Waals surface area contributed by atoms with E-state index >= 15 is 0 Å². The Kier molecular flexibility index (Phi) is 6.80. The molecule has 0 spiro atoms. The van der Waals surface area contributed by atoms with Gasteiger partial charge in [-0.3, -0.25) is 4.79 Å². The molecule has 1 aromatic carbocycles. The van der Waals surface area contributed by atoms with Gasteiger partial charge in [-0.1, -0.05) is 0 Å². The Morgan fingerprint density at radius 2 is 1.58 bits per heavy atom. The summed E-state index contributed by atoms with van der Waals surface area (Å²) in [5.74, 6) is -0.356. The molecule has 0 atom stereocenters. The normalized spacial score (nSPS) is 12.3. The lowest BCUT2D eigenvalue weighted by Gasteiger charge is -2.32. The largest absolute Gasteiger partial charge is 0.372 e. The average molecular weight is 356 g/mol. The van der Waals surface area contributed by atoms with Crippen LogP contribution < -0.4 is 10.2 Å². The van der Waals surface area contributed by atoms with Crippen LogP contribution in [0.2, 0.25) is 0 Å². The second-order valence-electron chi connectivity index (χ2n) is 6.71. The van der Waals surface area contributed by atoms with Crippen LogP contribution in [0.1, 0.15) is 34.6 Å². The zero-order valence-corrected chi connectivity index (χ0v) is 16.3. The van der Waals surface area contributed by atoms with E-state index in [-0.39, 0.29) is 12.5 Å². The van der Waals surface area contributed by atoms with Crippen LogP contribution in [0, 0.1) is 0 Å². The van der Waals surface area contributed by atoms with Gasteiger partial charge in [0.05, 0.1) is 12.8 Å². The molecule has 0 aliphatic carbocycles. The molecular formula is C17H29N3O3S. The number of sulfonamides is 1. The van der Waals surface area contributed by atoms with E-state index in [1.807, 2.05) is 24.3 Å². The SMILES string of the molecule is CCN(CC)c1ccc(NC(=O)CN(C(C)(C)C)S(C)(=O)=O)cc1. The third-order valence-electron chi connectivity index (χ3n) is 3.72. The Balaban J connectivity index is 2.81. The summed E-state index contributed by atoms with van der Waals surface area (Å²) in [7, 11) is -3.47. The molecule has 6 nitrogen and oxygen atoms in total.